The summed E-state index contributed by atoms with van der Waals surface area (Å²) in [6.07, 6.45) is 9.49. The molecule has 2 aliphatic heterocycles. The van der Waals surface area contributed by atoms with Crippen LogP contribution in [0.4, 0.5) is 5.69 Å². The molecule has 0 amide bonds. The first-order valence-electron chi connectivity index (χ1n) is 17.1. The van der Waals surface area contributed by atoms with Gasteiger partial charge in [-0.15, -0.1) is 29.7 Å². The minimum atomic E-state index is -2.49. The maximum atomic E-state index is 8.23. The van der Waals surface area contributed by atoms with Gasteiger partial charge in [0.1, 0.15) is 5.82 Å². The number of hydrogen-bond donors (Lipinski definition) is 0. The summed E-state index contributed by atoms with van der Waals surface area (Å²) in [7, 11) is 0. The standard InChI is InChI=1S/C36H30BN5O.Pt/c1-24-9-8-17-37-34-22-39(5)23-40(34)33-21-27(13-15-31(33)42(24)37)43-26-12-14-29-28-10-6-7-11-30(28)41(32(29)20-26)35-19-25(16-18-38-35)36(2,3)4;/h6-19,22H,1-5H3;/q-2;/i1D3,5D3;. The first kappa shape index (κ1) is 22.2. The van der Waals surface area contributed by atoms with Gasteiger partial charge in [0.25, 0.3) is 6.85 Å². The van der Waals surface area contributed by atoms with Crippen molar-refractivity contribution in [2.75, 3.05) is 4.81 Å². The molecule has 3 aromatic carbocycles. The number of allylic oxidation sites excluding steroid dienone is 3. The van der Waals surface area contributed by atoms with Crippen molar-refractivity contribution in [2.24, 2.45) is 6.98 Å². The molecule has 0 bridgehead atoms. The van der Waals surface area contributed by atoms with Crippen LogP contribution >= 0.6 is 0 Å². The predicted molar refractivity (Wildman–Crippen MR) is 172 cm³/mol. The summed E-state index contributed by atoms with van der Waals surface area (Å²) in [5, 5.41) is 2.06. The number of anilines is 1. The van der Waals surface area contributed by atoms with Crippen LogP contribution in [0.2, 0.25) is 0 Å². The number of para-hydroxylation sites is 1. The molecular formula is C36H30BN5OPt-2. The summed E-state index contributed by atoms with van der Waals surface area (Å²) < 4.78 is 59.8. The zero-order valence-corrected chi connectivity index (χ0v) is 26.5. The number of hydrogen-bond acceptors (Lipinski definition) is 3. The van der Waals surface area contributed by atoms with Crippen LogP contribution in [0.15, 0.2) is 96.9 Å². The molecule has 0 saturated heterocycles. The maximum Gasteiger partial charge on any atom is 0.290 e. The Balaban J connectivity index is 0.00000392. The van der Waals surface area contributed by atoms with Crippen molar-refractivity contribution in [2.45, 2.75) is 33.0 Å². The minimum Gasteiger partial charge on any atom is -0.510 e. The molecule has 0 radical (unpaired) electrons. The van der Waals surface area contributed by atoms with Gasteiger partial charge in [0.15, 0.2) is 0 Å². The number of ether oxygens (including phenoxy) is 1. The molecule has 0 atom stereocenters. The summed E-state index contributed by atoms with van der Waals surface area (Å²) in [5.41, 5.74) is 4.47. The summed E-state index contributed by atoms with van der Waals surface area (Å²) in [4.78, 5) is 6.45. The van der Waals surface area contributed by atoms with Gasteiger partial charge in [-0.25, -0.2) is 4.98 Å². The summed E-state index contributed by atoms with van der Waals surface area (Å²) >= 11 is 0. The average molecular weight is 761 g/mol. The van der Waals surface area contributed by atoms with E-state index in [1.54, 1.807) is 33.7 Å². The van der Waals surface area contributed by atoms with Gasteiger partial charge in [0.2, 0.25) is 6.33 Å². The van der Waals surface area contributed by atoms with Crippen molar-refractivity contribution in [1.82, 2.24) is 14.1 Å². The zero-order valence-electron chi connectivity index (χ0n) is 30.2. The fourth-order valence-electron chi connectivity index (χ4n) is 6.03. The average Bonchev–Trinajstić information content (AvgIpc) is 3.65. The second kappa shape index (κ2) is 10.4. The molecule has 6 aromatic rings. The van der Waals surface area contributed by atoms with Crippen LogP contribution in [0.3, 0.4) is 0 Å². The van der Waals surface area contributed by atoms with Crippen LogP contribution in [-0.2, 0) is 33.5 Å². The van der Waals surface area contributed by atoms with Crippen LogP contribution in [-0.4, -0.2) is 21.0 Å². The van der Waals surface area contributed by atoms with Gasteiger partial charge in [0.05, 0.1) is 11.1 Å². The first-order valence-corrected chi connectivity index (χ1v) is 14.1. The number of nitrogens with zero attached hydrogens (tertiary/aromatic N) is 5. The summed E-state index contributed by atoms with van der Waals surface area (Å²) in [6.45, 7) is 1.04. The van der Waals surface area contributed by atoms with E-state index in [0.29, 0.717) is 28.5 Å². The third-order valence-corrected chi connectivity index (χ3v) is 8.09. The number of rotatable bonds is 3. The molecule has 0 spiro atoms. The van der Waals surface area contributed by atoms with E-state index >= 15 is 0 Å². The molecular weight excluding hydrogens is 724 g/mol. The Labute approximate surface area is 280 Å². The van der Waals surface area contributed by atoms with Gasteiger partial charge < -0.3 is 23.2 Å². The molecule has 5 heterocycles. The smallest absolute Gasteiger partial charge is 0.290 e. The van der Waals surface area contributed by atoms with Crippen LogP contribution in [0.5, 0.6) is 11.5 Å². The van der Waals surface area contributed by atoms with Crippen LogP contribution < -0.4 is 19.7 Å². The van der Waals surface area contributed by atoms with Gasteiger partial charge in [-0.3, -0.25) is 0 Å². The molecule has 0 unspecified atom stereocenters. The largest absolute Gasteiger partial charge is 0.510 e. The second-order valence-corrected chi connectivity index (χ2v) is 11.9. The molecule has 0 N–H and O–H groups in total. The Morgan fingerprint density at radius 3 is 2.68 bits per heavy atom. The first-order chi connectivity index (χ1) is 23.2. The fraction of sp³-hybridized carbons (Fsp3) is 0.167. The van der Waals surface area contributed by atoms with Gasteiger partial charge in [-0.2, -0.15) is 12.1 Å². The number of pyridine rings is 1. The summed E-state index contributed by atoms with van der Waals surface area (Å²) in [5.74, 6) is 3.38. The van der Waals surface area contributed by atoms with E-state index in [4.69, 9.17) is 17.9 Å². The van der Waals surface area contributed by atoms with Crippen molar-refractivity contribution < 1.29 is 38.6 Å². The van der Waals surface area contributed by atoms with Crippen LogP contribution in [0, 0.1) is 18.5 Å². The third kappa shape index (κ3) is 4.45. The van der Waals surface area contributed by atoms with Crippen molar-refractivity contribution in [3.63, 3.8) is 0 Å². The van der Waals surface area contributed by atoms with Crippen LogP contribution in [0.25, 0.3) is 33.3 Å². The van der Waals surface area contributed by atoms with E-state index in [9.17, 15) is 0 Å². The normalized spacial score (nSPS) is 16.4. The van der Waals surface area contributed by atoms with E-state index in [1.165, 1.54) is 6.20 Å². The minimum absolute atomic E-state index is 0. The Bertz CT molecular complexity index is 2370. The molecule has 6 nitrogen and oxygen atoms in total. The molecule has 8 rings (SSSR count). The quantitative estimate of drug-likeness (QED) is 0.121. The fourth-order valence-corrected chi connectivity index (χ4v) is 6.03. The van der Waals surface area contributed by atoms with E-state index in [2.05, 4.69) is 62.0 Å². The number of aromatic nitrogens is 4. The van der Waals surface area contributed by atoms with Gasteiger partial charge in [-0.05, 0) is 58.9 Å². The van der Waals surface area contributed by atoms with E-state index in [0.717, 1.165) is 37.8 Å². The Morgan fingerprint density at radius 1 is 1.00 bits per heavy atom. The number of benzene rings is 3. The molecule has 0 fully saturated rings. The zero-order chi connectivity index (χ0) is 34.5. The maximum absolute atomic E-state index is 8.23. The Morgan fingerprint density at radius 2 is 1.84 bits per heavy atom. The van der Waals surface area contributed by atoms with Gasteiger partial charge >= 0.3 is 0 Å². The van der Waals surface area contributed by atoms with Crippen molar-refractivity contribution in [1.29, 1.82) is 0 Å². The van der Waals surface area contributed by atoms with Crippen molar-refractivity contribution in [3.8, 4) is 23.0 Å². The molecule has 8 heteroatoms. The number of aryl methyl sites for hydroxylation is 1. The topological polar surface area (TPSA) is 39.1 Å². The van der Waals surface area contributed by atoms with E-state index < -0.39 is 20.7 Å². The SMILES string of the molecule is [2H]C([2H])([2H])C1=CC=CB2c3c[n+](C([2H])([2H])[2H])[c-]n3-c3[c-]c(Oc4[c-]c5c(cc4)c4ccccc4n5-c4cc(C(C)(C)C)ccn4)ccc3N21.[Pt]. The Hall–Kier alpha value is -4.35. The molecule has 2 aliphatic rings. The number of fused-ring (bicyclic) bond motifs is 9. The van der Waals surface area contributed by atoms with Gasteiger partial charge in [-0.1, -0.05) is 62.2 Å². The van der Waals surface area contributed by atoms with E-state index in [1.807, 2.05) is 42.5 Å². The molecule has 44 heavy (non-hydrogen) atoms. The summed E-state index contributed by atoms with van der Waals surface area (Å²) in [6, 6.07) is 26.4. The number of imidazole rings is 1. The van der Waals surface area contributed by atoms with E-state index in [-0.39, 0.29) is 32.2 Å². The predicted octanol–water partition coefficient (Wildman–Crippen LogP) is 6.31. The molecule has 3 aromatic heterocycles. The molecule has 0 saturated carbocycles. The monoisotopic (exact) mass is 760 g/mol. The molecule has 220 valence electrons. The van der Waals surface area contributed by atoms with Crippen molar-refractivity contribution in [3.05, 3.63) is 121 Å². The third-order valence-electron chi connectivity index (χ3n) is 8.09. The second-order valence-electron chi connectivity index (χ2n) is 11.9. The molecule has 0 aliphatic carbocycles. The Kier molecular flexibility index (Phi) is 5.24. The van der Waals surface area contributed by atoms with Gasteiger partial charge in [0, 0.05) is 60.2 Å². The van der Waals surface area contributed by atoms with Crippen LogP contribution in [0.1, 0.15) is 41.4 Å². The van der Waals surface area contributed by atoms with Crippen molar-refractivity contribution >= 4 is 39.9 Å².